The van der Waals surface area contributed by atoms with E-state index in [1.807, 2.05) is 44.4 Å². The van der Waals surface area contributed by atoms with Crippen LogP contribution in [0.25, 0.3) is 23.0 Å². The number of esters is 1. The number of fused-ring (bicyclic) bond motifs is 1. The van der Waals surface area contributed by atoms with Gasteiger partial charge in [0.2, 0.25) is 0 Å². The molecule has 10 heteroatoms. The summed E-state index contributed by atoms with van der Waals surface area (Å²) in [6.07, 6.45) is 3.28. The van der Waals surface area contributed by atoms with Crippen LogP contribution < -0.4 is 10.5 Å². The summed E-state index contributed by atoms with van der Waals surface area (Å²) in [6, 6.07) is 7.76. The van der Waals surface area contributed by atoms with E-state index < -0.39 is 17.1 Å². The number of carbonyl (C=O) groups is 2. The van der Waals surface area contributed by atoms with Gasteiger partial charge in [-0.15, -0.1) is 11.3 Å². The number of amides is 1. The molecule has 5 heterocycles. The van der Waals surface area contributed by atoms with Crippen LogP contribution in [0, 0.1) is 6.92 Å². The first-order valence-electron chi connectivity index (χ1n) is 12.0. The van der Waals surface area contributed by atoms with Crippen LogP contribution in [0.1, 0.15) is 47.3 Å². The SMILES string of the molecule is Cc1cc2c(c(=O)[nH]1)C(=O)O/C2=C\c1cc(-c2ccnc(N3CCN(C(=O)OC(C)(C)C)CC3)c2)cs1. The van der Waals surface area contributed by atoms with Crippen LogP contribution in [0.15, 0.2) is 40.6 Å². The number of hydrogen-bond acceptors (Lipinski definition) is 8. The Bertz CT molecular complexity index is 1460. The van der Waals surface area contributed by atoms with E-state index in [2.05, 4.69) is 14.9 Å². The summed E-state index contributed by atoms with van der Waals surface area (Å²) in [5.74, 6) is 0.589. The van der Waals surface area contributed by atoms with Crippen molar-refractivity contribution in [1.29, 1.82) is 0 Å². The molecule has 0 atom stereocenters. The highest BCUT2D eigenvalue weighted by atomic mass is 32.1. The number of thiophene rings is 1. The van der Waals surface area contributed by atoms with E-state index in [0.717, 1.165) is 21.8 Å². The van der Waals surface area contributed by atoms with Crippen molar-refractivity contribution in [3.05, 3.63) is 67.9 Å². The molecule has 192 valence electrons. The van der Waals surface area contributed by atoms with Gasteiger partial charge >= 0.3 is 12.1 Å². The number of H-pyrrole nitrogens is 1. The zero-order valence-corrected chi connectivity index (χ0v) is 22.0. The van der Waals surface area contributed by atoms with Crippen molar-refractivity contribution >= 4 is 41.1 Å². The minimum Gasteiger partial charge on any atom is -0.444 e. The Morgan fingerprint density at radius 3 is 2.62 bits per heavy atom. The van der Waals surface area contributed by atoms with Crippen molar-refractivity contribution in [1.82, 2.24) is 14.9 Å². The number of aryl methyl sites for hydroxylation is 1. The number of nitrogens with one attached hydrogen (secondary N) is 1. The minimum atomic E-state index is -0.634. The maximum absolute atomic E-state index is 12.4. The molecule has 1 fully saturated rings. The van der Waals surface area contributed by atoms with Crippen LogP contribution in [-0.4, -0.2) is 58.7 Å². The number of aromatic nitrogens is 2. The van der Waals surface area contributed by atoms with Crippen LogP contribution in [0.2, 0.25) is 0 Å². The van der Waals surface area contributed by atoms with Gasteiger partial charge in [-0.25, -0.2) is 14.6 Å². The maximum atomic E-state index is 12.4. The first-order valence-corrected chi connectivity index (χ1v) is 12.9. The number of carbonyl (C=O) groups excluding carboxylic acids is 2. The fraction of sp³-hybridized carbons (Fsp3) is 0.333. The molecule has 2 aliphatic heterocycles. The molecule has 37 heavy (non-hydrogen) atoms. The van der Waals surface area contributed by atoms with Crippen LogP contribution in [0.4, 0.5) is 10.6 Å². The Kier molecular flexibility index (Phi) is 6.36. The second-order valence-electron chi connectivity index (χ2n) is 10.1. The highest BCUT2D eigenvalue weighted by Crippen LogP contribution is 2.33. The molecule has 1 amide bonds. The van der Waals surface area contributed by atoms with Gasteiger partial charge < -0.3 is 24.3 Å². The van der Waals surface area contributed by atoms with Crippen LogP contribution in [-0.2, 0) is 9.47 Å². The molecule has 2 aliphatic rings. The van der Waals surface area contributed by atoms with Crippen molar-refractivity contribution in [3.8, 4) is 11.1 Å². The molecule has 0 unspecified atom stereocenters. The molecule has 0 bridgehead atoms. The number of ether oxygens (including phenoxy) is 2. The average Bonchev–Trinajstić information content (AvgIpc) is 3.43. The summed E-state index contributed by atoms with van der Waals surface area (Å²) in [6.45, 7) is 9.83. The molecular weight excluding hydrogens is 492 g/mol. The number of nitrogens with zero attached hydrogens (tertiary/aromatic N) is 3. The molecule has 0 aromatic carbocycles. The number of hydrogen-bond donors (Lipinski definition) is 1. The molecule has 0 radical (unpaired) electrons. The standard InChI is InChI=1S/C27H28N4O5S/c1-16-11-20-21(35-25(33)23(20)24(32)29-16)14-19-12-18(15-37-19)17-5-6-28-22(13-17)30-7-9-31(10-8-30)26(34)36-27(2,3)4/h5-6,11-15H,7-10H2,1-4H3,(H,29,32)/b21-14-. The number of pyridine rings is 2. The van der Waals surface area contributed by atoms with E-state index in [-0.39, 0.29) is 11.7 Å². The molecule has 9 nitrogen and oxygen atoms in total. The maximum Gasteiger partial charge on any atom is 0.410 e. The third-order valence-corrected chi connectivity index (χ3v) is 6.95. The molecular formula is C27H28N4O5S. The van der Waals surface area contributed by atoms with E-state index in [9.17, 15) is 14.4 Å². The summed E-state index contributed by atoms with van der Waals surface area (Å²) in [7, 11) is 0. The Morgan fingerprint density at radius 2 is 1.89 bits per heavy atom. The lowest BCUT2D eigenvalue weighted by molar-refractivity contribution is 0.0240. The Morgan fingerprint density at radius 1 is 1.14 bits per heavy atom. The van der Waals surface area contributed by atoms with Gasteiger partial charge in [0, 0.05) is 48.5 Å². The smallest absolute Gasteiger partial charge is 0.410 e. The van der Waals surface area contributed by atoms with E-state index in [1.165, 1.54) is 11.3 Å². The minimum absolute atomic E-state index is 0.0409. The van der Waals surface area contributed by atoms with Gasteiger partial charge in [-0.05, 0) is 74.5 Å². The topological polar surface area (TPSA) is 105 Å². The lowest BCUT2D eigenvalue weighted by Gasteiger charge is -2.36. The zero-order valence-electron chi connectivity index (χ0n) is 21.2. The number of anilines is 1. The van der Waals surface area contributed by atoms with Crippen LogP contribution in [0.5, 0.6) is 0 Å². The molecule has 1 N–H and O–H groups in total. The van der Waals surface area contributed by atoms with Crippen LogP contribution >= 0.6 is 11.3 Å². The first-order chi connectivity index (χ1) is 17.6. The molecule has 3 aromatic heterocycles. The first kappa shape index (κ1) is 24.8. The highest BCUT2D eigenvalue weighted by molar-refractivity contribution is 7.11. The number of piperazine rings is 1. The van der Waals surface area contributed by atoms with Gasteiger partial charge in [0.15, 0.2) is 0 Å². The van der Waals surface area contributed by atoms with Crippen molar-refractivity contribution in [2.24, 2.45) is 0 Å². The molecule has 0 saturated carbocycles. The average molecular weight is 521 g/mol. The Balaban J connectivity index is 1.31. The zero-order chi connectivity index (χ0) is 26.3. The summed E-state index contributed by atoms with van der Waals surface area (Å²) >= 11 is 1.52. The van der Waals surface area contributed by atoms with Gasteiger partial charge in [0.25, 0.3) is 5.56 Å². The largest absolute Gasteiger partial charge is 0.444 e. The van der Waals surface area contributed by atoms with Crippen LogP contribution in [0.3, 0.4) is 0 Å². The van der Waals surface area contributed by atoms with Gasteiger partial charge in [0.05, 0.1) is 0 Å². The quantitative estimate of drug-likeness (QED) is 0.506. The fourth-order valence-corrected chi connectivity index (χ4v) is 5.16. The van der Waals surface area contributed by atoms with E-state index >= 15 is 0 Å². The molecule has 0 spiro atoms. The van der Waals surface area contributed by atoms with Crippen molar-refractivity contribution in [2.45, 2.75) is 33.3 Å². The second kappa shape index (κ2) is 9.51. The summed E-state index contributed by atoms with van der Waals surface area (Å²) in [4.78, 5) is 48.7. The molecule has 0 aliphatic carbocycles. The fourth-order valence-electron chi connectivity index (χ4n) is 4.32. The van der Waals surface area contributed by atoms with Crippen molar-refractivity contribution in [3.63, 3.8) is 0 Å². The highest BCUT2D eigenvalue weighted by Gasteiger charge is 2.30. The third kappa shape index (κ3) is 5.29. The number of cyclic esters (lactones) is 1. The lowest BCUT2D eigenvalue weighted by Crippen LogP contribution is -2.50. The van der Waals surface area contributed by atoms with E-state index in [0.29, 0.717) is 43.2 Å². The van der Waals surface area contributed by atoms with Gasteiger partial charge in [0.1, 0.15) is 22.7 Å². The van der Waals surface area contributed by atoms with Crippen molar-refractivity contribution in [2.75, 3.05) is 31.1 Å². The Hall–Kier alpha value is -3.92. The second-order valence-corrected chi connectivity index (χ2v) is 11.0. The molecule has 5 rings (SSSR count). The summed E-state index contributed by atoms with van der Waals surface area (Å²) in [5, 5.41) is 2.03. The van der Waals surface area contributed by atoms with E-state index in [4.69, 9.17) is 9.47 Å². The predicted molar refractivity (Wildman–Crippen MR) is 143 cm³/mol. The lowest BCUT2D eigenvalue weighted by atomic mass is 10.1. The number of rotatable bonds is 3. The van der Waals surface area contributed by atoms with Gasteiger partial charge in [-0.1, -0.05) is 0 Å². The Labute approximate surface area is 218 Å². The summed E-state index contributed by atoms with van der Waals surface area (Å²) in [5.41, 5.74) is 2.29. The predicted octanol–water partition coefficient (Wildman–Crippen LogP) is 4.53. The summed E-state index contributed by atoms with van der Waals surface area (Å²) < 4.78 is 10.9. The normalized spacial score (nSPS) is 16.6. The molecule has 3 aromatic rings. The third-order valence-electron chi connectivity index (χ3n) is 6.07. The van der Waals surface area contributed by atoms with E-state index in [1.54, 1.807) is 30.2 Å². The molecule has 1 saturated heterocycles. The van der Waals surface area contributed by atoms with Gasteiger partial charge in [-0.3, -0.25) is 4.79 Å². The monoisotopic (exact) mass is 520 g/mol. The van der Waals surface area contributed by atoms with Gasteiger partial charge in [-0.2, -0.15) is 0 Å². The number of aromatic amines is 1. The van der Waals surface area contributed by atoms with Crippen molar-refractivity contribution < 1.29 is 19.1 Å².